The van der Waals surface area contributed by atoms with Crippen LogP contribution in [0.1, 0.15) is 10.4 Å². The highest BCUT2D eigenvalue weighted by molar-refractivity contribution is 7.89. The van der Waals surface area contributed by atoms with Crippen LogP contribution >= 0.6 is 0 Å². The lowest BCUT2D eigenvalue weighted by molar-refractivity contribution is 0.0954. The third-order valence-electron chi connectivity index (χ3n) is 2.47. The van der Waals surface area contributed by atoms with Gasteiger partial charge in [-0.05, 0) is 19.2 Å². The molecule has 1 aromatic rings. The molecule has 106 valence electrons. The topological polar surface area (TPSA) is 111 Å². The molecular weight excluding hydrogens is 270 g/mol. The van der Waals surface area contributed by atoms with Crippen molar-refractivity contribution in [2.75, 3.05) is 32.2 Å². The van der Waals surface area contributed by atoms with Crippen molar-refractivity contribution in [2.24, 2.45) is 0 Å². The summed E-state index contributed by atoms with van der Waals surface area (Å²) in [6, 6.07) is 4.84. The normalized spacial score (nSPS) is 11.1. The van der Waals surface area contributed by atoms with E-state index in [1.807, 2.05) is 0 Å². The standard InChI is InChI=1S/C11H17N3O4S/c1-13-19(16,17)7-6-14-11(15)10-8(12)4-3-5-9(10)18-2/h3-5,13H,6-7,12H2,1-2H3,(H,14,15). The van der Waals surface area contributed by atoms with Gasteiger partial charge < -0.3 is 15.8 Å². The summed E-state index contributed by atoms with van der Waals surface area (Å²) in [6.45, 7) is -0.0144. The Morgan fingerprint density at radius 3 is 2.68 bits per heavy atom. The van der Waals surface area contributed by atoms with E-state index in [0.29, 0.717) is 5.75 Å². The van der Waals surface area contributed by atoms with E-state index in [9.17, 15) is 13.2 Å². The highest BCUT2D eigenvalue weighted by Crippen LogP contribution is 2.23. The van der Waals surface area contributed by atoms with Crippen molar-refractivity contribution in [1.82, 2.24) is 10.0 Å². The summed E-state index contributed by atoms with van der Waals surface area (Å²) >= 11 is 0. The number of hydrogen-bond donors (Lipinski definition) is 3. The number of hydrogen-bond acceptors (Lipinski definition) is 5. The van der Waals surface area contributed by atoms with Crippen LogP contribution in [0.5, 0.6) is 5.75 Å². The molecule has 0 atom stereocenters. The number of nitrogen functional groups attached to an aromatic ring is 1. The Kier molecular flexibility index (Phi) is 5.13. The monoisotopic (exact) mass is 287 g/mol. The minimum atomic E-state index is -3.35. The molecule has 0 bridgehead atoms. The van der Waals surface area contributed by atoms with Gasteiger partial charge in [0.15, 0.2) is 0 Å². The Hall–Kier alpha value is -1.80. The quantitative estimate of drug-likeness (QED) is 0.614. The van der Waals surface area contributed by atoms with Crippen LogP contribution in [-0.2, 0) is 10.0 Å². The lowest BCUT2D eigenvalue weighted by Gasteiger charge is -2.11. The fourth-order valence-corrected chi connectivity index (χ4v) is 2.03. The Morgan fingerprint density at radius 2 is 2.11 bits per heavy atom. The first-order valence-corrected chi connectivity index (χ1v) is 7.18. The van der Waals surface area contributed by atoms with Crippen LogP contribution in [0.4, 0.5) is 5.69 Å². The second-order valence-corrected chi connectivity index (χ2v) is 5.75. The molecule has 0 spiro atoms. The highest BCUT2D eigenvalue weighted by atomic mass is 32.2. The summed E-state index contributed by atoms with van der Waals surface area (Å²) < 4.78 is 29.6. The third-order valence-corrected chi connectivity index (χ3v) is 3.84. The molecule has 1 amide bonds. The molecule has 0 heterocycles. The molecule has 8 heteroatoms. The first-order valence-electron chi connectivity index (χ1n) is 5.53. The van der Waals surface area contributed by atoms with Crippen molar-refractivity contribution in [3.05, 3.63) is 23.8 Å². The van der Waals surface area contributed by atoms with Crippen LogP contribution in [0.15, 0.2) is 18.2 Å². The second-order valence-electron chi connectivity index (χ2n) is 3.70. The molecule has 7 nitrogen and oxygen atoms in total. The molecular formula is C11H17N3O4S. The molecule has 1 aromatic carbocycles. The van der Waals surface area contributed by atoms with Gasteiger partial charge in [0.2, 0.25) is 10.0 Å². The molecule has 0 unspecified atom stereocenters. The minimum absolute atomic E-state index is 0.0144. The Bertz CT molecular complexity index is 557. The smallest absolute Gasteiger partial charge is 0.257 e. The van der Waals surface area contributed by atoms with E-state index >= 15 is 0 Å². The summed E-state index contributed by atoms with van der Waals surface area (Å²) in [5.41, 5.74) is 6.18. The summed E-state index contributed by atoms with van der Waals surface area (Å²) in [5.74, 6) is -0.333. The molecule has 0 aliphatic heterocycles. The maximum Gasteiger partial charge on any atom is 0.257 e. The molecule has 0 radical (unpaired) electrons. The molecule has 0 aromatic heterocycles. The predicted octanol–water partition coefficient (Wildman–Crippen LogP) is -0.444. The summed E-state index contributed by atoms with van der Waals surface area (Å²) in [4.78, 5) is 11.9. The zero-order valence-electron chi connectivity index (χ0n) is 10.8. The number of anilines is 1. The molecule has 0 saturated heterocycles. The fraction of sp³-hybridized carbons (Fsp3) is 0.364. The van der Waals surface area contributed by atoms with Crippen LogP contribution in [0, 0.1) is 0 Å². The van der Waals surface area contributed by atoms with Crippen molar-refractivity contribution in [3.8, 4) is 5.75 Å². The highest BCUT2D eigenvalue weighted by Gasteiger charge is 2.16. The van der Waals surface area contributed by atoms with Crippen molar-refractivity contribution >= 4 is 21.6 Å². The van der Waals surface area contributed by atoms with E-state index in [-0.39, 0.29) is 23.5 Å². The summed E-state index contributed by atoms with van der Waals surface area (Å²) in [5, 5.41) is 2.49. The first kappa shape index (κ1) is 15.3. The van der Waals surface area contributed by atoms with Crippen LogP contribution in [0.25, 0.3) is 0 Å². The summed E-state index contributed by atoms with van der Waals surface area (Å²) in [6.07, 6.45) is 0. The van der Waals surface area contributed by atoms with E-state index in [2.05, 4.69) is 10.0 Å². The number of benzene rings is 1. The van der Waals surface area contributed by atoms with Gasteiger partial charge in [-0.2, -0.15) is 0 Å². The molecule has 0 saturated carbocycles. The SMILES string of the molecule is CNS(=O)(=O)CCNC(=O)c1c(N)cccc1OC. The molecule has 0 fully saturated rings. The van der Waals surface area contributed by atoms with Crippen LogP contribution in [-0.4, -0.2) is 40.8 Å². The Balaban J connectivity index is 2.74. The lowest BCUT2D eigenvalue weighted by atomic mass is 10.1. The van der Waals surface area contributed by atoms with Crippen LogP contribution < -0.4 is 20.5 Å². The number of amides is 1. The van der Waals surface area contributed by atoms with Gasteiger partial charge in [0.1, 0.15) is 11.3 Å². The van der Waals surface area contributed by atoms with Gasteiger partial charge in [0.25, 0.3) is 5.91 Å². The van der Waals surface area contributed by atoms with Crippen molar-refractivity contribution in [3.63, 3.8) is 0 Å². The van der Waals surface area contributed by atoms with Crippen LogP contribution in [0.2, 0.25) is 0 Å². The Morgan fingerprint density at radius 1 is 1.42 bits per heavy atom. The van der Waals surface area contributed by atoms with E-state index < -0.39 is 15.9 Å². The fourth-order valence-electron chi connectivity index (χ4n) is 1.45. The van der Waals surface area contributed by atoms with Gasteiger partial charge in [-0.3, -0.25) is 4.79 Å². The largest absolute Gasteiger partial charge is 0.496 e. The number of nitrogens with two attached hydrogens (primary N) is 1. The number of carbonyl (C=O) groups excluding carboxylic acids is 1. The number of ether oxygens (including phenoxy) is 1. The van der Waals surface area contributed by atoms with Crippen molar-refractivity contribution in [1.29, 1.82) is 0 Å². The van der Waals surface area contributed by atoms with Gasteiger partial charge >= 0.3 is 0 Å². The van der Waals surface area contributed by atoms with Gasteiger partial charge in [-0.25, -0.2) is 13.1 Å². The minimum Gasteiger partial charge on any atom is -0.496 e. The number of sulfonamides is 1. The number of carbonyl (C=O) groups is 1. The first-order chi connectivity index (χ1) is 8.91. The third kappa shape index (κ3) is 4.11. The van der Waals surface area contributed by atoms with E-state index in [4.69, 9.17) is 10.5 Å². The zero-order valence-corrected chi connectivity index (χ0v) is 11.6. The molecule has 4 N–H and O–H groups in total. The molecule has 1 rings (SSSR count). The van der Waals surface area contributed by atoms with E-state index in [0.717, 1.165) is 0 Å². The Labute approximate surface area is 112 Å². The van der Waals surface area contributed by atoms with Crippen LogP contribution in [0.3, 0.4) is 0 Å². The molecule has 0 aliphatic rings. The lowest BCUT2D eigenvalue weighted by Crippen LogP contribution is -2.33. The van der Waals surface area contributed by atoms with Gasteiger partial charge in [-0.15, -0.1) is 0 Å². The van der Waals surface area contributed by atoms with Gasteiger partial charge in [0, 0.05) is 12.2 Å². The number of methoxy groups -OCH3 is 1. The number of rotatable bonds is 6. The molecule has 0 aliphatic carbocycles. The van der Waals surface area contributed by atoms with E-state index in [1.54, 1.807) is 18.2 Å². The summed E-state index contributed by atoms with van der Waals surface area (Å²) in [7, 11) is -0.608. The van der Waals surface area contributed by atoms with Crippen molar-refractivity contribution in [2.45, 2.75) is 0 Å². The van der Waals surface area contributed by atoms with Gasteiger partial charge in [0.05, 0.1) is 12.9 Å². The predicted molar refractivity (Wildman–Crippen MR) is 72.6 cm³/mol. The number of nitrogens with one attached hydrogen (secondary N) is 2. The second kappa shape index (κ2) is 6.39. The van der Waals surface area contributed by atoms with Gasteiger partial charge in [-0.1, -0.05) is 6.07 Å². The average Bonchev–Trinajstić information content (AvgIpc) is 2.37. The maximum absolute atomic E-state index is 11.9. The average molecular weight is 287 g/mol. The zero-order chi connectivity index (χ0) is 14.5. The van der Waals surface area contributed by atoms with Crippen molar-refractivity contribution < 1.29 is 17.9 Å². The molecule has 19 heavy (non-hydrogen) atoms. The maximum atomic E-state index is 11.9. The van der Waals surface area contributed by atoms with E-state index in [1.165, 1.54) is 14.2 Å².